The number of benzene rings is 1. The van der Waals surface area contributed by atoms with Crippen molar-refractivity contribution in [3.63, 3.8) is 0 Å². The van der Waals surface area contributed by atoms with E-state index in [4.69, 9.17) is 16.6 Å². The number of amides is 2. The SMILES string of the molecule is C[C@H](NC(=O)CNC(=O)c1cccc(N=C(N)N)c1)C(=O)O. The molecule has 22 heavy (non-hydrogen) atoms. The molecule has 0 unspecified atom stereocenters. The molecule has 1 aromatic carbocycles. The van der Waals surface area contributed by atoms with Crippen LogP contribution in [-0.4, -0.2) is 41.4 Å². The van der Waals surface area contributed by atoms with E-state index in [0.29, 0.717) is 5.69 Å². The second kappa shape index (κ2) is 7.62. The topological polar surface area (TPSA) is 160 Å². The Bertz CT molecular complexity index is 610. The zero-order valence-electron chi connectivity index (χ0n) is 11.9. The maximum Gasteiger partial charge on any atom is 0.325 e. The molecule has 0 aliphatic heterocycles. The van der Waals surface area contributed by atoms with E-state index in [-0.39, 0.29) is 18.1 Å². The first-order valence-electron chi connectivity index (χ1n) is 6.29. The molecule has 0 aromatic heterocycles. The van der Waals surface area contributed by atoms with Gasteiger partial charge < -0.3 is 27.2 Å². The first-order chi connectivity index (χ1) is 10.3. The minimum absolute atomic E-state index is 0.139. The normalized spacial score (nSPS) is 11.1. The summed E-state index contributed by atoms with van der Waals surface area (Å²) in [5.74, 6) is -2.42. The summed E-state index contributed by atoms with van der Waals surface area (Å²) in [6.45, 7) is 0.976. The molecule has 0 radical (unpaired) electrons. The zero-order valence-corrected chi connectivity index (χ0v) is 11.9. The van der Waals surface area contributed by atoms with Crippen molar-refractivity contribution in [1.29, 1.82) is 0 Å². The molecule has 0 bridgehead atoms. The highest BCUT2D eigenvalue weighted by Crippen LogP contribution is 2.13. The lowest BCUT2D eigenvalue weighted by molar-refractivity contribution is -0.141. The number of aliphatic carboxylic acids is 1. The Morgan fingerprint density at radius 3 is 2.59 bits per heavy atom. The smallest absolute Gasteiger partial charge is 0.325 e. The van der Waals surface area contributed by atoms with Crippen LogP contribution in [0.25, 0.3) is 0 Å². The molecule has 9 nitrogen and oxygen atoms in total. The number of carboxylic acids is 1. The summed E-state index contributed by atoms with van der Waals surface area (Å²) in [7, 11) is 0. The highest BCUT2D eigenvalue weighted by molar-refractivity contribution is 5.97. The van der Waals surface area contributed by atoms with E-state index in [9.17, 15) is 14.4 Å². The summed E-state index contributed by atoms with van der Waals surface area (Å²) in [4.78, 5) is 37.7. The van der Waals surface area contributed by atoms with Crippen molar-refractivity contribution in [1.82, 2.24) is 10.6 Å². The van der Waals surface area contributed by atoms with Gasteiger partial charge in [0.2, 0.25) is 5.91 Å². The molecule has 1 rings (SSSR count). The standard InChI is InChI=1S/C13H17N5O4/c1-7(12(21)22)17-10(19)6-16-11(20)8-3-2-4-9(5-8)18-13(14)15/h2-5,7H,6H2,1H3,(H,16,20)(H,17,19)(H,21,22)(H4,14,15,18)/t7-/m0/s1. The quantitative estimate of drug-likeness (QED) is 0.331. The average molecular weight is 307 g/mol. The van der Waals surface area contributed by atoms with Crippen LogP contribution < -0.4 is 22.1 Å². The van der Waals surface area contributed by atoms with Gasteiger partial charge in [-0.15, -0.1) is 0 Å². The number of carboxylic acid groups (broad SMARTS) is 1. The van der Waals surface area contributed by atoms with Gasteiger partial charge in [0.25, 0.3) is 5.91 Å². The first kappa shape index (κ1) is 17.0. The zero-order chi connectivity index (χ0) is 16.7. The fraction of sp³-hybridized carbons (Fsp3) is 0.231. The second-order valence-electron chi connectivity index (χ2n) is 4.40. The van der Waals surface area contributed by atoms with Gasteiger partial charge >= 0.3 is 5.97 Å². The van der Waals surface area contributed by atoms with E-state index in [1.807, 2.05) is 0 Å². The van der Waals surface area contributed by atoms with Crippen LogP contribution in [0.5, 0.6) is 0 Å². The maximum absolute atomic E-state index is 11.9. The minimum atomic E-state index is -1.16. The number of aliphatic imine (C=N–C) groups is 1. The van der Waals surface area contributed by atoms with Gasteiger partial charge in [0.1, 0.15) is 6.04 Å². The third-order valence-corrected chi connectivity index (χ3v) is 2.52. The van der Waals surface area contributed by atoms with Crippen LogP contribution in [0.3, 0.4) is 0 Å². The van der Waals surface area contributed by atoms with Gasteiger partial charge in [0.05, 0.1) is 12.2 Å². The number of carbonyl (C=O) groups is 3. The number of guanidine groups is 1. The summed E-state index contributed by atoms with van der Waals surface area (Å²) in [6, 6.07) is 5.14. The number of nitrogens with one attached hydrogen (secondary N) is 2. The lowest BCUT2D eigenvalue weighted by atomic mass is 10.2. The third kappa shape index (κ3) is 5.49. The molecular weight excluding hydrogens is 290 g/mol. The summed E-state index contributed by atoms with van der Waals surface area (Å²) in [5, 5.41) is 13.2. The number of rotatable bonds is 6. The van der Waals surface area contributed by atoms with Crippen LogP contribution in [0.4, 0.5) is 5.69 Å². The predicted octanol–water partition coefficient (Wildman–Crippen LogP) is -1.09. The molecule has 1 aromatic rings. The molecule has 118 valence electrons. The monoisotopic (exact) mass is 307 g/mol. The molecule has 0 aliphatic rings. The van der Waals surface area contributed by atoms with Gasteiger partial charge in [0, 0.05) is 5.56 Å². The largest absolute Gasteiger partial charge is 0.480 e. The number of carbonyl (C=O) groups excluding carboxylic acids is 2. The van der Waals surface area contributed by atoms with Crippen molar-refractivity contribution in [3.05, 3.63) is 29.8 Å². The summed E-state index contributed by atoms with van der Waals surface area (Å²) in [5.41, 5.74) is 11.2. The number of nitrogens with zero attached hydrogens (tertiary/aromatic N) is 1. The Balaban J connectivity index is 2.61. The van der Waals surface area contributed by atoms with E-state index in [1.54, 1.807) is 12.1 Å². The average Bonchev–Trinajstić information content (AvgIpc) is 2.44. The number of hydrogen-bond acceptors (Lipinski definition) is 4. The molecular formula is C13H17N5O4. The van der Waals surface area contributed by atoms with Crippen molar-refractivity contribution in [2.24, 2.45) is 16.5 Å². The maximum atomic E-state index is 11.9. The fourth-order valence-electron chi connectivity index (χ4n) is 1.48. The molecule has 0 saturated heterocycles. The van der Waals surface area contributed by atoms with Gasteiger partial charge in [0.15, 0.2) is 5.96 Å². The molecule has 0 saturated carbocycles. The Kier molecular flexibility index (Phi) is 5.87. The van der Waals surface area contributed by atoms with Crippen LogP contribution in [0.15, 0.2) is 29.3 Å². The second-order valence-corrected chi connectivity index (χ2v) is 4.40. The van der Waals surface area contributed by atoms with Crippen LogP contribution in [0.2, 0.25) is 0 Å². The lowest BCUT2D eigenvalue weighted by Gasteiger charge is -2.10. The predicted molar refractivity (Wildman–Crippen MR) is 79.5 cm³/mol. The van der Waals surface area contributed by atoms with Crippen molar-refractivity contribution < 1.29 is 19.5 Å². The highest BCUT2D eigenvalue weighted by atomic mass is 16.4. The van der Waals surface area contributed by atoms with Crippen LogP contribution in [-0.2, 0) is 9.59 Å². The van der Waals surface area contributed by atoms with E-state index in [1.165, 1.54) is 19.1 Å². The van der Waals surface area contributed by atoms with Crippen molar-refractivity contribution in [2.75, 3.05) is 6.54 Å². The van der Waals surface area contributed by atoms with Crippen molar-refractivity contribution >= 4 is 29.4 Å². The fourth-order valence-corrected chi connectivity index (χ4v) is 1.48. The number of nitrogens with two attached hydrogens (primary N) is 2. The summed E-state index contributed by atoms with van der Waals surface area (Å²) in [6.07, 6.45) is 0. The summed E-state index contributed by atoms with van der Waals surface area (Å²) >= 11 is 0. The molecule has 0 heterocycles. The first-order valence-corrected chi connectivity index (χ1v) is 6.29. The molecule has 9 heteroatoms. The molecule has 0 fully saturated rings. The molecule has 2 amide bonds. The molecule has 7 N–H and O–H groups in total. The van der Waals surface area contributed by atoms with Gasteiger partial charge in [-0.1, -0.05) is 6.07 Å². The van der Waals surface area contributed by atoms with E-state index in [0.717, 1.165) is 0 Å². The molecule has 0 spiro atoms. The van der Waals surface area contributed by atoms with Crippen LogP contribution in [0, 0.1) is 0 Å². The molecule has 1 atom stereocenters. The van der Waals surface area contributed by atoms with E-state index >= 15 is 0 Å². The van der Waals surface area contributed by atoms with Crippen molar-refractivity contribution in [3.8, 4) is 0 Å². The van der Waals surface area contributed by atoms with Gasteiger partial charge in [-0.25, -0.2) is 4.99 Å². The molecule has 0 aliphatic carbocycles. The van der Waals surface area contributed by atoms with Crippen LogP contribution in [0.1, 0.15) is 17.3 Å². The van der Waals surface area contributed by atoms with E-state index in [2.05, 4.69) is 15.6 Å². The van der Waals surface area contributed by atoms with Gasteiger partial charge in [-0.2, -0.15) is 0 Å². The Morgan fingerprint density at radius 2 is 2.00 bits per heavy atom. The minimum Gasteiger partial charge on any atom is -0.480 e. The van der Waals surface area contributed by atoms with Crippen molar-refractivity contribution in [2.45, 2.75) is 13.0 Å². The number of hydrogen-bond donors (Lipinski definition) is 5. The highest BCUT2D eigenvalue weighted by Gasteiger charge is 2.14. The lowest BCUT2D eigenvalue weighted by Crippen LogP contribution is -2.44. The third-order valence-electron chi connectivity index (χ3n) is 2.52. The Hall–Kier alpha value is -3.10. The van der Waals surface area contributed by atoms with Crippen LogP contribution >= 0.6 is 0 Å². The summed E-state index contributed by atoms with van der Waals surface area (Å²) < 4.78 is 0. The van der Waals surface area contributed by atoms with Gasteiger partial charge in [-0.3, -0.25) is 14.4 Å². The van der Waals surface area contributed by atoms with E-state index < -0.39 is 23.8 Å². The Morgan fingerprint density at radius 1 is 1.32 bits per heavy atom. The van der Waals surface area contributed by atoms with Gasteiger partial charge in [-0.05, 0) is 25.1 Å². The Labute approximate surface area is 126 Å².